The molecule has 3 N–H and O–H groups in total. The van der Waals surface area contributed by atoms with Gasteiger partial charge in [0.2, 0.25) is 0 Å². The fourth-order valence-electron chi connectivity index (χ4n) is 1.99. The average Bonchev–Trinajstić information content (AvgIpc) is 2.48. The first-order valence-corrected chi connectivity index (χ1v) is 6.41. The Balaban J connectivity index is 1.94. The van der Waals surface area contributed by atoms with Crippen LogP contribution >= 0.6 is 0 Å². The maximum Gasteiger partial charge on any atom is 0.336 e. The number of nitrogens with one attached hydrogen (secondary N) is 1. The van der Waals surface area contributed by atoms with Crippen LogP contribution in [0.4, 0.5) is 0 Å². The predicted octanol–water partition coefficient (Wildman–Crippen LogP) is 2.17. The number of hydrogen-bond donors (Lipinski definition) is 3. The van der Waals surface area contributed by atoms with Crippen molar-refractivity contribution in [3.8, 4) is 0 Å². The van der Waals surface area contributed by atoms with Crippen molar-refractivity contribution in [2.75, 3.05) is 0 Å². The molecule has 0 bridgehead atoms. The molecule has 0 amide bonds. The normalized spacial score (nSPS) is 10.4. The third kappa shape index (κ3) is 3.66. The quantitative estimate of drug-likeness (QED) is 0.753. The molecule has 2 aromatic carbocycles. The summed E-state index contributed by atoms with van der Waals surface area (Å²) in [6, 6.07) is 14.6. The van der Waals surface area contributed by atoms with Crippen molar-refractivity contribution in [1.82, 2.24) is 5.32 Å². The molecule has 0 saturated carbocycles. The fraction of sp³-hybridized carbons (Fsp3) is 0.188. The lowest BCUT2D eigenvalue weighted by Crippen LogP contribution is -2.15. The van der Waals surface area contributed by atoms with E-state index in [-0.39, 0.29) is 6.61 Å². The first kappa shape index (κ1) is 14.2. The smallest absolute Gasteiger partial charge is 0.336 e. The molecule has 0 heterocycles. The zero-order valence-corrected chi connectivity index (χ0v) is 11.0. The summed E-state index contributed by atoms with van der Waals surface area (Å²) in [4.78, 5) is 11.1. The SMILES string of the molecule is O=C(O)c1ccccc1CNCc1ccc(CO)cc1. The highest BCUT2D eigenvalue weighted by molar-refractivity contribution is 5.89. The Morgan fingerprint density at radius 2 is 1.60 bits per heavy atom. The molecule has 4 heteroatoms. The molecular formula is C16H17NO3. The molecular weight excluding hydrogens is 254 g/mol. The number of rotatable bonds is 6. The minimum atomic E-state index is -0.908. The summed E-state index contributed by atoms with van der Waals surface area (Å²) < 4.78 is 0. The molecule has 0 radical (unpaired) electrons. The maximum absolute atomic E-state index is 11.1. The first-order valence-electron chi connectivity index (χ1n) is 6.41. The van der Waals surface area contributed by atoms with Gasteiger partial charge in [-0.2, -0.15) is 0 Å². The van der Waals surface area contributed by atoms with Gasteiger partial charge in [-0.1, -0.05) is 42.5 Å². The Hall–Kier alpha value is -2.17. The van der Waals surface area contributed by atoms with E-state index in [1.165, 1.54) is 0 Å². The first-order chi connectivity index (χ1) is 9.70. The van der Waals surface area contributed by atoms with E-state index in [0.717, 1.165) is 16.7 Å². The number of benzene rings is 2. The molecule has 2 rings (SSSR count). The van der Waals surface area contributed by atoms with E-state index in [4.69, 9.17) is 10.2 Å². The molecule has 0 unspecified atom stereocenters. The van der Waals surface area contributed by atoms with Crippen LogP contribution in [-0.2, 0) is 19.7 Å². The maximum atomic E-state index is 11.1. The number of aliphatic hydroxyl groups excluding tert-OH is 1. The molecule has 20 heavy (non-hydrogen) atoms. The minimum absolute atomic E-state index is 0.0414. The van der Waals surface area contributed by atoms with Crippen LogP contribution in [0.5, 0.6) is 0 Å². The van der Waals surface area contributed by atoms with E-state index in [2.05, 4.69) is 5.32 Å². The highest BCUT2D eigenvalue weighted by Crippen LogP contribution is 2.09. The summed E-state index contributed by atoms with van der Waals surface area (Å²) in [5, 5.41) is 21.3. The molecule has 2 aromatic rings. The van der Waals surface area contributed by atoms with Crippen LogP contribution in [0.15, 0.2) is 48.5 Å². The predicted molar refractivity (Wildman–Crippen MR) is 76.3 cm³/mol. The van der Waals surface area contributed by atoms with Gasteiger partial charge in [0.1, 0.15) is 0 Å². The lowest BCUT2D eigenvalue weighted by molar-refractivity contribution is 0.0695. The summed E-state index contributed by atoms with van der Waals surface area (Å²) in [7, 11) is 0. The van der Waals surface area contributed by atoms with Crippen LogP contribution in [0.1, 0.15) is 27.0 Å². The lowest BCUT2D eigenvalue weighted by atomic mass is 10.1. The van der Waals surface area contributed by atoms with Crippen LogP contribution in [0.25, 0.3) is 0 Å². The second-order valence-electron chi connectivity index (χ2n) is 4.54. The van der Waals surface area contributed by atoms with E-state index in [0.29, 0.717) is 18.7 Å². The number of hydrogen-bond acceptors (Lipinski definition) is 3. The van der Waals surface area contributed by atoms with Crippen LogP contribution in [0.3, 0.4) is 0 Å². The van der Waals surface area contributed by atoms with Gasteiger partial charge in [0.05, 0.1) is 12.2 Å². The molecule has 0 atom stereocenters. The van der Waals surface area contributed by atoms with Gasteiger partial charge in [-0.15, -0.1) is 0 Å². The van der Waals surface area contributed by atoms with Crippen molar-refractivity contribution in [3.63, 3.8) is 0 Å². The van der Waals surface area contributed by atoms with Gasteiger partial charge in [0.25, 0.3) is 0 Å². The average molecular weight is 271 g/mol. The Morgan fingerprint density at radius 3 is 2.25 bits per heavy atom. The largest absolute Gasteiger partial charge is 0.478 e. The number of aliphatic hydroxyl groups is 1. The molecule has 0 aliphatic carbocycles. The van der Waals surface area contributed by atoms with E-state index < -0.39 is 5.97 Å². The monoisotopic (exact) mass is 271 g/mol. The number of aromatic carboxylic acids is 1. The zero-order chi connectivity index (χ0) is 14.4. The third-order valence-corrected chi connectivity index (χ3v) is 3.10. The molecule has 4 nitrogen and oxygen atoms in total. The van der Waals surface area contributed by atoms with Crippen molar-refractivity contribution < 1.29 is 15.0 Å². The second kappa shape index (κ2) is 6.84. The van der Waals surface area contributed by atoms with Crippen molar-refractivity contribution in [2.24, 2.45) is 0 Å². The van der Waals surface area contributed by atoms with Crippen molar-refractivity contribution >= 4 is 5.97 Å². The second-order valence-corrected chi connectivity index (χ2v) is 4.54. The highest BCUT2D eigenvalue weighted by Gasteiger charge is 2.07. The van der Waals surface area contributed by atoms with E-state index in [1.54, 1.807) is 12.1 Å². The summed E-state index contributed by atoms with van der Waals surface area (Å²) in [6.45, 7) is 1.20. The van der Waals surface area contributed by atoms with Gasteiger partial charge in [-0.05, 0) is 22.8 Å². The summed E-state index contributed by atoms with van der Waals surface area (Å²) in [5.41, 5.74) is 3.07. The van der Waals surface area contributed by atoms with Gasteiger partial charge in [0.15, 0.2) is 0 Å². The van der Waals surface area contributed by atoms with Gasteiger partial charge >= 0.3 is 5.97 Å². The summed E-state index contributed by atoms with van der Waals surface area (Å²) in [5.74, 6) is -0.908. The zero-order valence-electron chi connectivity index (χ0n) is 11.0. The number of carboxylic acid groups (broad SMARTS) is 1. The van der Waals surface area contributed by atoms with Crippen molar-refractivity contribution in [3.05, 3.63) is 70.8 Å². The Labute approximate surface area is 117 Å². The lowest BCUT2D eigenvalue weighted by Gasteiger charge is -2.08. The van der Waals surface area contributed by atoms with E-state index >= 15 is 0 Å². The van der Waals surface area contributed by atoms with Gasteiger partial charge in [0, 0.05) is 13.1 Å². The standard InChI is InChI=1S/C16H17NO3/c18-11-13-7-5-12(6-8-13)9-17-10-14-3-1-2-4-15(14)16(19)20/h1-8,17-18H,9-11H2,(H,19,20). The molecule has 104 valence electrons. The third-order valence-electron chi connectivity index (χ3n) is 3.10. The van der Waals surface area contributed by atoms with E-state index in [1.807, 2.05) is 36.4 Å². The van der Waals surface area contributed by atoms with Crippen LogP contribution in [-0.4, -0.2) is 16.2 Å². The fourth-order valence-corrected chi connectivity index (χ4v) is 1.99. The van der Waals surface area contributed by atoms with E-state index in [9.17, 15) is 4.79 Å². The van der Waals surface area contributed by atoms with Crippen molar-refractivity contribution in [1.29, 1.82) is 0 Å². The van der Waals surface area contributed by atoms with Crippen LogP contribution in [0, 0.1) is 0 Å². The molecule has 0 aliphatic rings. The van der Waals surface area contributed by atoms with Gasteiger partial charge < -0.3 is 15.5 Å². The van der Waals surface area contributed by atoms with Crippen LogP contribution in [0.2, 0.25) is 0 Å². The Morgan fingerprint density at radius 1 is 0.950 bits per heavy atom. The molecule has 0 spiro atoms. The molecule has 0 fully saturated rings. The van der Waals surface area contributed by atoms with Crippen LogP contribution < -0.4 is 5.32 Å². The highest BCUT2D eigenvalue weighted by atomic mass is 16.4. The molecule has 0 saturated heterocycles. The Bertz CT molecular complexity index is 579. The topological polar surface area (TPSA) is 69.6 Å². The number of carbonyl (C=O) groups is 1. The molecule has 0 aliphatic heterocycles. The minimum Gasteiger partial charge on any atom is -0.478 e. The van der Waals surface area contributed by atoms with Gasteiger partial charge in [-0.25, -0.2) is 4.79 Å². The number of carboxylic acids is 1. The molecule has 0 aromatic heterocycles. The van der Waals surface area contributed by atoms with Crippen molar-refractivity contribution in [2.45, 2.75) is 19.7 Å². The van der Waals surface area contributed by atoms with Gasteiger partial charge in [-0.3, -0.25) is 0 Å². The summed E-state index contributed by atoms with van der Waals surface area (Å²) >= 11 is 0. The Kier molecular flexibility index (Phi) is 4.87. The summed E-state index contributed by atoms with van der Waals surface area (Å²) in [6.07, 6.45) is 0.